The number of likely N-dealkylation sites (N-methyl/N-ethyl adjacent to an activating group) is 1. The van der Waals surface area contributed by atoms with Crippen molar-refractivity contribution in [3.8, 4) is 0 Å². The maximum absolute atomic E-state index is 11.5. The zero-order valence-electron chi connectivity index (χ0n) is 9.83. The van der Waals surface area contributed by atoms with Gasteiger partial charge in [0.1, 0.15) is 5.78 Å². The van der Waals surface area contributed by atoms with E-state index in [-0.39, 0.29) is 6.04 Å². The minimum atomic E-state index is 0.164. The van der Waals surface area contributed by atoms with Gasteiger partial charge in [0, 0.05) is 6.54 Å². The van der Waals surface area contributed by atoms with Crippen LogP contribution in [-0.4, -0.2) is 30.3 Å². The Morgan fingerprint density at radius 1 is 1.47 bits per heavy atom. The SMILES string of the molecule is C=C1CC[C@H]2CN(C)[C@H](C(C)=O)C[C@H]2C1. The van der Waals surface area contributed by atoms with Gasteiger partial charge in [-0.15, -0.1) is 0 Å². The topological polar surface area (TPSA) is 20.3 Å². The van der Waals surface area contributed by atoms with Crippen LogP contribution in [0.1, 0.15) is 32.6 Å². The summed E-state index contributed by atoms with van der Waals surface area (Å²) >= 11 is 0. The van der Waals surface area contributed by atoms with Gasteiger partial charge in [-0.05, 0) is 51.5 Å². The van der Waals surface area contributed by atoms with Gasteiger partial charge in [-0.3, -0.25) is 9.69 Å². The standard InChI is InChI=1S/C13H21NO/c1-9-4-5-11-8-14(3)13(10(2)15)7-12(11)6-9/h11-13H,1,4-8H2,2-3H3/t11-,12+,13-/m0/s1. The van der Waals surface area contributed by atoms with Crippen molar-refractivity contribution in [1.29, 1.82) is 0 Å². The molecule has 0 aromatic carbocycles. The molecule has 0 bridgehead atoms. The molecule has 0 amide bonds. The van der Waals surface area contributed by atoms with Crippen LogP contribution in [0.4, 0.5) is 0 Å². The Morgan fingerprint density at radius 2 is 2.20 bits per heavy atom. The summed E-state index contributed by atoms with van der Waals surface area (Å²) < 4.78 is 0. The Kier molecular flexibility index (Phi) is 2.96. The Morgan fingerprint density at radius 3 is 2.87 bits per heavy atom. The molecule has 0 radical (unpaired) electrons. The molecule has 84 valence electrons. The Balaban J connectivity index is 2.06. The van der Waals surface area contributed by atoms with Gasteiger partial charge >= 0.3 is 0 Å². The lowest BCUT2D eigenvalue weighted by atomic mass is 9.71. The molecule has 2 heteroatoms. The van der Waals surface area contributed by atoms with E-state index in [4.69, 9.17) is 0 Å². The maximum atomic E-state index is 11.5. The van der Waals surface area contributed by atoms with Crippen molar-refractivity contribution in [3.63, 3.8) is 0 Å². The van der Waals surface area contributed by atoms with E-state index < -0.39 is 0 Å². The van der Waals surface area contributed by atoms with E-state index in [2.05, 4.69) is 18.5 Å². The number of hydrogen-bond donors (Lipinski definition) is 0. The number of allylic oxidation sites excluding steroid dienone is 1. The first kappa shape index (κ1) is 10.9. The van der Waals surface area contributed by atoms with E-state index in [0.29, 0.717) is 5.78 Å². The number of carbonyl (C=O) groups is 1. The van der Waals surface area contributed by atoms with Crippen molar-refractivity contribution in [1.82, 2.24) is 4.90 Å². The summed E-state index contributed by atoms with van der Waals surface area (Å²) in [5.41, 5.74) is 1.39. The fourth-order valence-corrected chi connectivity index (χ4v) is 3.22. The molecule has 15 heavy (non-hydrogen) atoms. The van der Waals surface area contributed by atoms with Crippen LogP contribution in [0.3, 0.4) is 0 Å². The van der Waals surface area contributed by atoms with Crippen molar-refractivity contribution in [3.05, 3.63) is 12.2 Å². The van der Waals surface area contributed by atoms with Crippen LogP contribution in [0.15, 0.2) is 12.2 Å². The highest BCUT2D eigenvalue weighted by molar-refractivity contribution is 5.81. The molecule has 2 nitrogen and oxygen atoms in total. The lowest BCUT2D eigenvalue weighted by Crippen LogP contribution is -2.49. The molecule has 2 fully saturated rings. The number of hydrogen-bond acceptors (Lipinski definition) is 2. The molecule has 3 atom stereocenters. The van der Waals surface area contributed by atoms with Gasteiger partial charge < -0.3 is 0 Å². The van der Waals surface area contributed by atoms with Crippen LogP contribution < -0.4 is 0 Å². The monoisotopic (exact) mass is 207 g/mol. The van der Waals surface area contributed by atoms with Gasteiger partial charge in [0.15, 0.2) is 0 Å². The molecule has 2 aliphatic rings. The van der Waals surface area contributed by atoms with E-state index >= 15 is 0 Å². The number of fused-ring (bicyclic) bond motifs is 1. The number of rotatable bonds is 1. The minimum Gasteiger partial charge on any atom is -0.298 e. The number of carbonyl (C=O) groups excluding carboxylic acids is 1. The van der Waals surface area contributed by atoms with Crippen molar-refractivity contribution < 1.29 is 4.79 Å². The predicted molar refractivity (Wildman–Crippen MR) is 61.7 cm³/mol. The number of Topliss-reactive ketones (excluding diaryl/α,β-unsaturated/α-hetero) is 1. The summed E-state index contributed by atoms with van der Waals surface area (Å²) in [6, 6.07) is 0.164. The molecule has 0 aromatic rings. The average Bonchev–Trinajstić information content (AvgIpc) is 2.17. The third-order valence-electron chi connectivity index (χ3n) is 4.14. The Hall–Kier alpha value is -0.630. The van der Waals surface area contributed by atoms with E-state index in [1.807, 2.05) is 0 Å². The summed E-state index contributed by atoms with van der Waals surface area (Å²) in [5.74, 6) is 1.85. The summed E-state index contributed by atoms with van der Waals surface area (Å²) in [6.07, 6.45) is 4.68. The fourth-order valence-electron chi connectivity index (χ4n) is 3.22. The smallest absolute Gasteiger partial charge is 0.146 e. The van der Waals surface area contributed by atoms with Gasteiger partial charge in [0.2, 0.25) is 0 Å². The van der Waals surface area contributed by atoms with Crippen LogP contribution in [0.2, 0.25) is 0 Å². The molecule has 1 saturated heterocycles. The van der Waals surface area contributed by atoms with E-state index in [9.17, 15) is 4.79 Å². The van der Waals surface area contributed by atoms with Gasteiger partial charge in [0.25, 0.3) is 0 Å². The second kappa shape index (κ2) is 4.09. The number of nitrogens with zero attached hydrogens (tertiary/aromatic N) is 1. The fraction of sp³-hybridized carbons (Fsp3) is 0.769. The molecule has 0 unspecified atom stereocenters. The van der Waals surface area contributed by atoms with E-state index in [1.54, 1.807) is 6.92 Å². The first-order chi connectivity index (χ1) is 7.08. The van der Waals surface area contributed by atoms with Crippen LogP contribution in [0.5, 0.6) is 0 Å². The third kappa shape index (κ3) is 2.15. The van der Waals surface area contributed by atoms with E-state index in [0.717, 1.165) is 31.2 Å². The van der Waals surface area contributed by atoms with Gasteiger partial charge in [-0.1, -0.05) is 12.2 Å². The summed E-state index contributed by atoms with van der Waals surface area (Å²) in [6.45, 7) is 6.92. The highest BCUT2D eigenvalue weighted by Gasteiger charge is 2.37. The van der Waals surface area contributed by atoms with Gasteiger partial charge in [-0.25, -0.2) is 0 Å². The van der Waals surface area contributed by atoms with Crippen LogP contribution in [-0.2, 0) is 4.79 Å². The average molecular weight is 207 g/mol. The molecule has 1 saturated carbocycles. The lowest BCUT2D eigenvalue weighted by Gasteiger charge is -2.44. The first-order valence-electron chi connectivity index (χ1n) is 5.95. The van der Waals surface area contributed by atoms with Crippen molar-refractivity contribution in [2.45, 2.75) is 38.6 Å². The molecule has 1 aliphatic carbocycles. The summed E-state index contributed by atoms with van der Waals surface area (Å²) in [4.78, 5) is 13.7. The van der Waals surface area contributed by atoms with Crippen molar-refractivity contribution >= 4 is 5.78 Å². The molecular weight excluding hydrogens is 186 g/mol. The largest absolute Gasteiger partial charge is 0.298 e. The normalized spacial score (nSPS) is 37.5. The maximum Gasteiger partial charge on any atom is 0.146 e. The van der Waals surface area contributed by atoms with Gasteiger partial charge in [0.05, 0.1) is 6.04 Å². The van der Waals surface area contributed by atoms with Crippen molar-refractivity contribution in [2.75, 3.05) is 13.6 Å². The molecule has 1 aliphatic heterocycles. The molecule has 0 spiro atoms. The quantitative estimate of drug-likeness (QED) is 0.615. The second-order valence-electron chi connectivity index (χ2n) is 5.31. The van der Waals surface area contributed by atoms with E-state index in [1.165, 1.54) is 18.4 Å². The summed E-state index contributed by atoms with van der Waals surface area (Å²) in [5, 5.41) is 0. The number of ketones is 1. The molecular formula is C13H21NO. The molecule has 0 N–H and O–H groups in total. The van der Waals surface area contributed by atoms with Gasteiger partial charge in [-0.2, -0.15) is 0 Å². The number of piperidine rings is 1. The Bertz CT molecular complexity index is 284. The zero-order valence-corrected chi connectivity index (χ0v) is 9.83. The first-order valence-corrected chi connectivity index (χ1v) is 5.95. The van der Waals surface area contributed by atoms with Crippen molar-refractivity contribution in [2.24, 2.45) is 11.8 Å². The molecule has 2 rings (SSSR count). The van der Waals surface area contributed by atoms with Crippen LogP contribution >= 0.6 is 0 Å². The Labute approximate surface area is 92.3 Å². The lowest BCUT2D eigenvalue weighted by molar-refractivity contribution is -0.124. The highest BCUT2D eigenvalue weighted by Crippen LogP contribution is 2.39. The predicted octanol–water partition coefficient (Wildman–Crippen LogP) is 2.25. The third-order valence-corrected chi connectivity index (χ3v) is 4.14. The number of likely N-dealkylation sites (tertiary alicyclic amines) is 1. The zero-order chi connectivity index (χ0) is 11.0. The molecule has 1 heterocycles. The van der Waals surface area contributed by atoms with Crippen LogP contribution in [0.25, 0.3) is 0 Å². The minimum absolute atomic E-state index is 0.164. The molecule has 0 aromatic heterocycles. The second-order valence-corrected chi connectivity index (χ2v) is 5.31. The summed E-state index contributed by atoms with van der Waals surface area (Å²) in [7, 11) is 2.09. The van der Waals surface area contributed by atoms with Crippen LogP contribution in [0, 0.1) is 11.8 Å². The highest BCUT2D eigenvalue weighted by atomic mass is 16.1.